The second kappa shape index (κ2) is 6.13. The van der Waals surface area contributed by atoms with Crippen LogP contribution in [0.1, 0.15) is 6.92 Å². The molecule has 124 valence electrons. The van der Waals surface area contributed by atoms with Crippen molar-refractivity contribution in [3.63, 3.8) is 0 Å². The van der Waals surface area contributed by atoms with Crippen molar-refractivity contribution in [1.82, 2.24) is 14.3 Å². The van der Waals surface area contributed by atoms with Crippen molar-refractivity contribution in [3.05, 3.63) is 50.0 Å². The van der Waals surface area contributed by atoms with Crippen LogP contribution in [0.15, 0.2) is 27.9 Å². The summed E-state index contributed by atoms with van der Waals surface area (Å²) >= 11 is 5.82. The van der Waals surface area contributed by atoms with Gasteiger partial charge in [0, 0.05) is 7.05 Å². The highest BCUT2D eigenvalue weighted by atomic mass is 35.5. The number of nitrogens with zero attached hydrogens (tertiary/aromatic N) is 3. The molecule has 0 saturated carbocycles. The largest absolute Gasteiger partial charge is 0.352 e. The minimum Gasteiger partial charge on any atom is -0.282 e. The van der Waals surface area contributed by atoms with E-state index in [1.165, 1.54) is 14.0 Å². The third-order valence-electron chi connectivity index (χ3n) is 2.99. The lowest BCUT2D eigenvalue weighted by Crippen LogP contribution is -2.38. The van der Waals surface area contributed by atoms with E-state index < -0.39 is 27.1 Å². The summed E-state index contributed by atoms with van der Waals surface area (Å²) in [5, 5.41) is 3.39. The van der Waals surface area contributed by atoms with Crippen molar-refractivity contribution in [2.24, 2.45) is 7.05 Å². The molecule has 1 aromatic heterocycles. The summed E-state index contributed by atoms with van der Waals surface area (Å²) in [6.45, 7) is 1.42. The van der Waals surface area contributed by atoms with Crippen LogP contribution in [0.4, 0.5) is 10.1 Å². The molecule has 11 heteroatoms. The molecule has 1 N–H and O–H groups in total. The number of aromatic nitrogens is 3. The summed E-state index contributed by atoms with van der Waals surface area (Å²) in [4.78, 5) is 23.3. The van der Waals surface area contributed by atoms with E-state index in [4.69, 9.17) is 11.6 Å². The van der Waals surface area contributed by atoms with E-state index in [1.807, 2.05) is 0 Å². The lowest BCUT2D eigenvalue weighted by Gasteiger charge is -2.12. The summed E-state index contributed by atoms with van der Waals surface area (Å²) in [5.41, 5.74) is -1.99. The van der Waals surface area contributed by atoms with Gasteiger partial charge in [0.25, 0.3) is 5.56 Å². The number of nitrogens with one attached hydrogen (secondary N) is 1. The number of sulfonamides is 1. The molecule has 0 spiro atoms. The molecule has 0 saturated heterocycles. The first kappa shape index (κ1) is 17.2. The smallest absolute Gasteiger partial charge is 0.282 e. The third kappa shape index (κ3) is 3.42. The van der Waals surface area contributed by atoms with E-state index in [2.05, 4.69) is 9.82 Å². The zero-order chi connectivity index (χ0) is 17.4. The van der Waals surface area contributed by atoms with Crippen LogP contribution < -0.4 is 16.0 Å². The Morgan fingerprint density at radius 1 is 1.35 bits per heavy atom. The molecule has 1 aromatic carbocycles. The summed E-state index contributed by atoms with van der Waals surface area (Å²) in [6, 6.07) is 1.88. The van der Waals surface area contributed by atoms with Gasteiger partial charge in [0.1, 0.15) is 11.9 Å². The van der Waals surface area contributed by atoms with Crippen LogP contribution in [0.25, 0.3) is 5.69 Å². The Morgan fingerprint density at radius 2 is 2.00 bits per heavy atom. The molecule has 0 bridgehead atoms. The van der Waals surface area contributed by atoms with Crippen LogP contribution in [0.3, 0.4) is 0 Å². The summed E-state index contributed by atoms with van der Waals surface area (Å²) in [5.74, 6) is -1.11. The van der Waals surface area contributed by atoms with Gasteiger partial charge in [0.2, 0.25) is 10.0 Å². The molecule has 0 aliphatic heterocycles. The SMILES string of the molecule is CCS(=O)(=O)Nc1cc(-n2ncc(=O)n(C)c2=O)c(F)cc1Cl. The van der Waals surface area contributed by atoms with Crippen molar-refractivity contribution in [2.75, 3.05) is 10.5 Å². The summed E-state index contributed by atoms with van der Waals surface area (Å²) < 4.78 is 40.9. The topological polar surface area (TPSA) is 103 Å². The molecule has 23 heavy (non-hydrogen) atoms. The Kier molecular flexibility index (Phi) is 4.57. The number of rotatable bonds is 4. The Morgan fingerprint density at radius 3 is 2.61 bits per heavy atom. The van der Waals surface area contributed by atoms with Gasteiger partial charge >= 0.3 is 5.69 Å². The molecule has 0 fully saturated rings. The molecule has 2 aromatic rings. The van der Waals surface area contributed by atoms with Crippen molar-refractivity contribution in [3.8, 4) is 5.69 Å². The standard InChI is InChI=1S/C12H12ClFN4O4S/c1-3-23(21,22)16-9-5-10(8(14)4-7(9)13)18-12(20)17(2)11(19)6-15-18/h4-6,16H,3H2,1-2H3. The van der Waals surface area contributed by atoms with E-state index in [-0.39, 0.29) is 22.2 Å². The van der Waals surface area contributed by atoms with Gasteiger partial charge < -0.3 is 0 Å². The maximum absolute atomic E-state index is 14.1. The quantitative estimate of drug-likeness (QED) is 0.852. The predicted molar refractivity (Wildman–Crippen MR) is 83.1 cm³/mol. The molecular formula is C12H12ClFN4O4S. The monoisotopic (exact) mass is 362 g/mol. The zero-order valence-corrected chi connectivity index (χ0v) is 13.7. The van der Waals surface area contributed by atoms with Gasteiger partial charge in [-0.05, 0) is 19.1 Å². The lowest BCUT2D eigenvalue weighted by atomic mass is 10.2. The highest BCUT2D eigenvalue weighted by Crippen LogP contribution is 2.27. The molecular weight excluding hydrogens is 351 g/mol. The number of halogens is 2. The van der Waals surface area contributed by atoms with E-state index in [1.54, 1.807) is 0 Å². The molecule has 0 unspecified atom stereocenters. The maximum atomic E-state index is 14.1. The molecule has 1 heterocycles. The summed E-state index contributed by atoms with van der Waals surface area (Å²) in [7, 11) is -2.45. The molecule has 0 aliphatic rings. The minimum absolute atomic E-state index is 0.104. The second-order valence-electron chi connectivity index (χ2n) is 4.53. The zero-order valence-electron chi connectivity index (χ0n) is 12.1. The summed E-state index contributed by atoms with van der Waals surface area (Å²) in [6.07, 6.45) is 0.839. The molecule has 0 atom stereocenters. The normalized spacial score (nSPS) is 11.5. The van der Waals surface area contributed by atoms with Crippen LogP contribution in [0.5, 0.6) is 0 Å². The van der Waals surface area contributed by atoms with Gasteiger partial charge in [-0.2, -0.15) is 9.78 Å². The van der Waals surface area contributed by atoms with Gasteiger partial charge in [0.05, 0.1) is 16.5 Å². The van der Waals surface area contributed by atoms with E-state index in [0.29, 0.717) is 4.68 Å². The van der Waals surface area contributed by atoms with Crippen molar-refractivity contribution in [2.45, 2.75) is 6.92 Å². The fourth-order valence-electron chi connectivity index (χ4n) is 1.66. The third-order valence-corrected chi connectivity index (χ3v) is 4.60. The van der Waals surface area contributed by atoms with Crippen LogP contribution >= 0.6 is 11.6 Å². The Bertz CT molecular complexity index is 984. The number of anilines is 1. The van der Waals surface area contributed by atoms with Gasteiger partial charge in [-0.15, -0.1) is 0 Å². The fraction of sp³-hybridized carbons (Fsp3) is 0.250. The first-order valence-corrected chi connectivity index (χ1v) is 8.34. The number of hydrogen-bond acceptors (Lipinski definition) is 5. The van der Waals surface area contributed by atoms with Crippen molar-refractivity contribution >= 4 is 27.3 Å². The first-order valence-electron chi connectivity index (χ1n) is 6.31. The van der Waals surface area contributed by atoms with Crippen molar-refractivity contribution < 1.29 is 12.8 Å². The van der Waals surface area contributed by atoms with Gasteiger partial charge in [0.15, 0.2) is 5.82 Å². The van der Waals surface area contributed by atoms with Gasteiger partial charge in [-0.25, -0.2) is 17.6 Å². The van der Waals surface area contributed by atoms with E-state index >= 15 is 0 Å². The molecule has 0 amide bonds. The first-order chi connectivity index (χ1) is 10.7. The van der Waals surface area contributed by atoms with E-state index in [9.17, 15) is 22.4 Å². The minimum atomic E-state index is -3.65. The molecule has 2 rings (SSSR count). The van der Waals surface area contributed by atoms with Crippen LogP contribution in [-0.2, 0) is 17.1 Å². The highest BCUT2D eigenvalue weighted by molar-refractivity contribution is 7.92. The van der Waals surface area contributed by atoms with Crippen LogP contribution in [0, 0.1) is 5.82 Å². The number of benzene rings is 1. The Balaban J connectivity index is 2.68. The average Bonchev–Trinajstić information content (AvgIpc) is 2.48. The molecule has 8 nitrogen and oxygen atoms in total. The maximum Gasteiger partial charge on any atom is 0.352 e. The lowest BCUT2D eigenvalue weighted by molar-refractivity contribution is 0.585. The van der Waals surface area contributed by atoms with Crippen LogP contribution in [0.2, 0.25) is 5.02 Å². The Hall–Kier alpha value is -2.20. The van der Waals surface area contributed by atoms with Gasteiger partial charge in [-0.1, -0.05) is 11.6 Å². The average molecular weight is 363 g/mol. The van der Waals surface area contributed by atoms with Crippen molar-refractivity contribution in [1.29, 1.82) is 0 Å². The molecule has 0 aliphatic carbocycles. The Labute approximate surface area is 135 Å². The predicted octanol–water partition coefficient (Wildman–Crippen LogP) is 0.485. The second-order valence-corrected chi connectivity index (χ2v) is 6.94. The van der Waals surface area contributed by atoms with Gasteiger partial charge in [-0.3, -0.25) is 14.1 Å². The molecule has 0 radical (unpaired) electrons. The van der Waals surface area contributed by atoms with E-state index in [0.717, 1.165) is 22.9 Å². The highest BCUT2D eigenvalue weighted by Gasteiger charge is 2.17. The fourth-order valence-corrected chi connectivity index (χ4v) is 2.56. The number of hydrogen-bond donors (Lipinski definition) is 1. The van der Waals surface area contributed by atoms with Crippen LogP contribution in [-0.4, -0.2) is 28.5 Å².